The van der Waals surface area contributed by atoms with Crippen molar-refractivity contribution in [3.63, 3.8) is 0 Å². The number of carbonyl (C=O) groups is 1. The van der Waals surface area contributed by atoms with E-state index in [2.05, 4.69) is 6.07 Å². The third kappa shape index (κ3) is 2.53. The van der Waals surface area contributed by atoms with Crippen LogP contribution in [0.15, 0.2) is 30.3 Å². The van der Waals surface area contributed by atoms with Crippen LogP contribution in [0.2, 0.25) is 0 Å². The summed E-state index contributed by atoms with van der Waals surface area (Å²) in [5, 5.41) is 18.2. The third-order valence-corrected chi connectivity index (χ3v) is 3.73. The van der Waals surface area contributed by atoms with E-state index in [9.17, 15) is 14.4 Å². The molecule has 4 nitrogen and oxygen atoms in total. The van der Waals surface area contributed by atoms with Crippen molar-refractivity contribution in [2.75, 3.05) is 13.1 Å². The molecule has 100 valence electrons. The molecule has 0 aromatic heterocycles. The molecule has 1 amide bonds. The van der Waals surface area contributed by atoms with Gasteiger partial charge >= 0.3 is 6.09 Å². The van der Waals surface area contributed by atoms with Gasteiger partial charge in [0.1, 0.15) is 6.17 Å². The zero-order valence-electron chi connectivity index (χ0n) is 10.4. The number of alkyl halides is 1. The second-order valence-electron chi connectivity index (χ2n) is 4.81. The van der Waals surface area contributed by atoms with Gasteiger partial charge < -0.3 is 10.0 Å². The van der Waals surface area contributed by atoms with Gasteiger partial charge in [0.25, 0.3) is 0 Å². The van der Waals surface area contributed by atoms with E-state index in [1.54, 1.807) is 30.3 Å². The van der Waals surface area contributed by atoms with Crippen molar-refractivity contribution in [1.82, 2.24) is 4.90 Å². The highest BCUT2D eigenvalue weighted by atomic mass is 19.1. The summed E-state index contributed by atoms with van der Waals surface area (Å²) in [6.45, 7) is 0.409. The fourth-order valence-corrected chi connectivity index (χ4v) is 2.46. The van der Waals surface area contributed by atoms with Crippen molar-refractivity contribution in [2.45, 2.75) is 19.0 Å². The largest absolute Gasteiger partial charge is 0.465 e. The minimum absolute atomic E-state index is 0.205. The minimum atomic E-state index is -1.38. The highest BCUT2D eigenvalue weighted by Crippen LogP contribution is 2.44. The molecule has 1 aliphatic heterocycles. The number of hydrogen-bond acceptors (Lipinski definition) is 2. The molecule has 19 heavy (non-hydrogen) atoms. The molecule has 2 rings (SSSR count). The smallest absolute Gasteiger partial charge is 0.407 e. The van der Waals surface area contributed by atoms with E-state index in [0.717, 1.165) is 0 Å². The first-order valence-corrected chi connectivity index (χ1v) is 6.17. The van der Waals surface area contributed by atoms with E-state index in [4.69, 9.17) is 5.11 Å². The van der Waals surface area contributed by atoms with Gasteiger partial charge in [-0.3, -0.25) is 0 Å². The van der Waals surface area contributed by atoms with E-state index in [-0.39, 0.29) is 25.9 Å². The molecule has 0 saturated carbocycles. The van der Waals surface area contributed by atoms with Crippen molar-refractivity contribution in [3.05, 3.63) is 35.9 Å². The Labute approximate surface area is 111 Å². The Morgan fingerprint density at radius 1 is 1.37 bits per heavy atom. The zero-order chi connectivity index (χ0) is 13.9. The lowest BCUT2D eigenvalue weighted by atomic mass is 9.73. The maximum atomic E-state index is 14.6. The monoisotopic (exact) mass is 262 g/mol. The van der Waals surface area contributed by atoms with Gasteiger partial charge in [0, 0.05) is 13.1 Å². The molecule has 1 aromatic rings. The lowest BCUT2D eigenvalue weighted by Crippen LogP contribution is -2.43. The summed E-state index contributed by atoms with van der Waals surface area (Å²) in [5.41, 5.74) is -0.638. The summed E-state index contributed by atoms with van der Waals surface area (Å²) in [5.74, 6) is 0. The lowest BCUT2D eigenvalue weighted by molar-refractivity contribution is 0.0655. The van der Waals surface area contributed by atoms with Gasteiger partial charge in [0.15, 0.2) is 0 Å². The Hall–Kier alpha value is -2.09. The van der Waals surface area contributed by atoms with Crippen LogP contribution in [-0.4, -0.2) is 29.2 Å². The molecule has 0 spiro atoms. The van der Waals surface area contributed by atoms with E-state index >= 15 is 0 Å². The average Bonchev–Trinajstić information content (AvgIpc) is 2.47. The van der Waals surface area contributed by atoms with Crippen molar-refractivity contribution in [1.29, 1.82) is 5.26 Å². The predicted molar refractivity (Wildman–Crippen MR) is 67.2 cm³/mol. The summed E-state index contributed by atoms with van der Waals surface area (Å²) < 4.78 is 14.6. The second kappa shape index (κ2) is 5.27. The molecular weight excluding hydrogens is 247 g/mol. The summed E-state index contributed by atoms with van der Waals surface area (Å²) in [7, 11) is 0. The molecule has 0 bridgehead atoms. The fraction of sp³-hybridized carbons (Fsp3) is 0.429. The standard InChI is InChI=1S/C14H15FN2O2/c15-12(11-4-2-1-3-5-11)14(10-16)6-8-17(9-7-14)13(18)19/h1-5,12H,6-9H2,(H,18,19). The van der Waals surface area contributed by atoms with Crippen molar-refractivity contribution in [2.24, 2.45) is 5.41 Å². The summed E-state index contributed by atoms with van der Waals surface area (Å²) >= 11 is 0. The Kier molecular flexibility index (Phi) is 3.70. The first-order chi connectivity index (χ1) is 9.09. The van der Waals surface area contributed by atoms with E-state index in [1.165, 1.54) is 4.90 Å². The number of hydrogen-bond donors (Lipinski definition) is 1. The van der Waals surface area contributed by atoms with E-state index in [0.29, 0.717) is 5.56 Å². The molecule has 1 saturated heterocycles. The van der Waals surface area contributed by atoms with Gasteiger partial charge in [-0.1, -0.05) is 30.3 Å². The van der Waals surface area contributed by atoms with Crippen LogP contribution in [0.1, 0.15) is 24.6 Å². The first kappa shape index (κ1) is 13.3. The van der Waals surface area contributed by atoms with Crippen LogP contribution in [0.5, 0.6) is 0 Å². The lowest BCUT2D eigenvalue weighted by Gasteiger charge is -2.38. The van der Waals surface area contributed by atoms with Crippen LogP contribution in [0.25, 0.3) is 0 Å². The van der Waals surface area contributed by atoms with Crippen LogP contribution in [-0.2, 0) is 0 Å². The number of carboxylic acid groups (broad SMARTS) is 1. The highest BCUT2D eigenvalue weighted by molar-refractivity contribution is 5.65. The minimum Gasteiger partial charge on any atom is -0.465 e. The van der Waals surface area contributed by atoms with Crippen LogP contribution in [0, 0.1) is 16.7 Å². The predicted octanol–water partition coefficient (Wildman–Crippen LogP) is 2.98. The quantitative estimate of drug-likeness (QED) is 0.891. The fourth-order valence-electron chi connectivity index (χ4n) is 2.46. The van der Waals surface area contributed by atoms with Gasteiger partial charge in [-0.2, -0.15) is 5.26 Å². The number of rotatable bonds is 2. The number of benzene rings is 1. The van der Waals surface area contributed by atoms with Gasteiger partial charge in [0.2, 0.25) is 0 Å². The molecule has 5 heteroatoms. The number of piperidine rings is 1. The molecule has 1 aromatic carbocycles. The van der Waals surface area contributed by atoms with Crippen molar-refractivity contribution < 1.29 is 14.3 Å². The number of nitrogens with zero attached hydrogens (tertiary/aromatic N) is 2. The van der Waals surface area contributed by atoms with Crippen molar-refractivity contribution in [3.8, 4) is 6.07 Å². The van der Waals surface area contributed by atoms with Crippen LogP contribution in [0.4, 0.5) is 9.18 Å². The van der Waals surface area contributed by atoms with Crippen LogP contribution < -0.4 is 0 Å². The topological polar surface area (TPSA) is 64.3 Å². The molecule has 1 fully saturated rings. The molecule has 1 N–H and O–H groups in total. The maximum Gasteiger partial charge on any atom is 0.407 e. The summed E-state index contributed by atoms with van der Waals surface area (Å²) in [6.07, 6.45) is -1.94. The van der Waals surface area contributed by atoms with Gasteiger partial charge in [-0.25, -0.2) is 9.18 Å². The van der Waals surface area contributed by atoms with Gasteiger partial charge in [-0.15, -0.1) is 0 Å². The first-order valence-electron chi connectivity index (χ1n) is 6.17. The van der Waals surface area contributed by atoms with Crippen LogP contribution in [0.3, 0.4) is 0 Å². The molecule has 1 atom stereocenters. The number of nitriles is 1. The number of halogens is 1. The molecule has 1 unspecified atom stereocenters. The Balaban J connectivity index is 2.17. The Bertz CT molecular complexity index is 490. The molecule has 0 aliphatic carbocycles. The zero-order valence-corrected chi connectivity index (χ0v) is 10.4. The summed E-state index contributed by atoms with van der Waals surface area (Å²) in [4.78, 5) is 12.1. The average molecular weight is 262 g/mol. The third-order valence-electron chi connectivity index (χ3n) is 3.73. The maximum absolute atomic E-state index is 14.6. The Morgan fingerprint density at radius 3 is 2.42 bits per heavy atom. The molecule has 0 radical (unpaired) electrons. The van der Waals surface area contributed by atoms with Gasteiger partial charge in [0.05, 0.1) is 11.5 Å². The summed E-state index contributed by atoms with van der Waals surface area (Å²) in [6, 6.07) is 10.7. The Morgan fingerprint density at radius 2 is 1.95 bits per heavy atom. The molecule has 1 heterocycles. The molecule has 1 aliphatic rings. The number of likely N-dealkylation sites (tertiary alicyclic amines) is 1. The van der Waals surface area contributed by atoms with E-state index in [1.807, 2.05) is 0 Å². The highest BCUT2D eigenvalue weighted by Gasteiger charge is 2.44. The SMILES string of the molecule is N#CC1(C(F)c2ccccc2)CCN(C(=O)O)CC1. The van der Waals surface area contributed by atoms with Crippen LogP contribution >= 0.6 is 0 Å². The second-order valence-corrected chi connectivity index (χ2v) is 4.81. The number of amides is 1. The van der Waals surface area contributed by atoms with Gasteiger partial charge in [-0.05, 0) is 18.4 Å². The van der Waals surface area contributed by atoms with E-state index < -0.39 is 17.7 Å². The molecular formula is C14H15FN2O2. The van der Waals surface area contributed by atoms with Crippen molar-refractivity contribution >= 4 is 6.09 Å². The normalized spacial score (nSPS) is 19.5.